The summed E-state index contributed by atoms with van der Waals surface area (Å²) in [6.07, 6.45) is 3.14. The van der Waals surface area contributed by atoms with Crippen LogP contribution >= 0.6 is 11.8 Å². The normalized spacial score (nSPS) is 11.8. The maximum atomic E-state index is 12.9. The number of carbonyl (C=O) groups excluding carboxylic acids is 2. The van der Waals surface area contributed by atoms with Crippen molar-refractivity contribution >= 4 is 40.3 Å². The monoisotopic (exact) mass is 446 g/mol. The molecular weight excluding hydrogens is 424 g/mol. The third kappa shape index (κ3) is 4.78. The number of anilines is 1. The van der Waals surface area contributed by atoms with Gasteiger partial charge in [-0.2, -0.15) is 5.10 Å². The highest BCUT2D eigenvalue weighted by atomic mass is 32.2. The maximum Gasteiger partial charge on any atom is 0.253 e. The lowest BCUT2D eigenvalue weighted by Gasteiger charge is -2.16. The van der Waals surface area contributed by atoms with E-state index in [9.17, 15) is 9.59 Å². The molecule has 4 rings (SSSR count). The zero-order valence-electron chi connectivity index (χ0n) is 17.6. The molecule has 9 heteroatoms. The quantitative estimate of drug-likeness (QED) is 0.332. The van der Waals surface area contributed by atoms with Crippen molar-refractivity contribution in [1.29, 1.82) is 0 Å². The Hall–Kier alpha value is -3.72. The molecule has 0 fully saturated rings. The molecule has 0 aliphatic carbocycles. The SMILES string of the molecule is CC(NC(=O)c1ccccc1NC(=O)CSc1ncnc2c1cnn2C)c1ccccc1. The van der Waals surface area contributed by atoms with Crippen LogP contribution in [0, 0.1) is 0 Å². The maximum absolute atomic E-state index is 12.9. The van der Waals surface area contributed by atoms with Gasteiger partial charge in [0.1, 0.15) is 11.4 Å². The van der Waals surface area contributed by atoms with Gasteiger partial charge in [0, 0.05) is 7.05 Å². The fraction of sp³-hybridized carbons (Fsp3) is 0.174. The number of aryl methyl sites for hydroxylation is 1. The summed E-state index contributed by atoms with van der Waals surface area (Å²) in [5.74, 6) is -0.350. The van der Waals surface area contributed by atoms with Gasteiger partial charge in [-0.3, -0.25) is 14.3 Å². The van der Waals surface area contributed by atoms with Crippen LogP contribution in [0.25, 0.3) is 11.0 Å². The summed E-state index contributed by atoms with van der Waals surface area (Å²) in [6, 6.07) is 16.5. The minimum Gasteiger partial charge on any atom is -0.345 e. The zero-order chi connectivity index (χ0) is 22.5. The van der Waals surface area contributed by atoms with Crippen molar-refractivity contribution in [2.75, 3.05) is 11.1 Å². The van der Waals surface area contributed by atoms with Crippen molar-refractivity contribution in [2.24, 2.45) is 7.05 Å². The van der Waals surface area contributed by atoms with Crippen LogP contribution in [0.5, 0.6) is 0 Å². The lowest BCUT2D eigenvalue weighted by molar-refractivity contribution is -0.113. The van der Waals surface area contributed by atoms with Gasteiger partial charge in [-0.05, 0) is 24.6 Å². The van der Waals surface area contributed by atoms with E-state index in [1.165, 1.54) is 18.1 Å². The number of nitrogens with zero attached hydrogens (tertiary/aromatic N) is 4. The van der Waals surface area contributed by atoms with Gasteiger partial charge in [-0.1, -0.05) is 54.2 Å². The lowest BCUT2D eigenvalue weighted by atomic mass is 10.1. The largest absolute Gasteiger partial charge is 0.345 e. The topological polar surface area (TPSA) is 102 Å². The first kappa shape index (κ1) is 21.5. The van der Waals surface area contributed by atoms with E-state index in [1.807, 2.05) is 37.3 Å². The molecule has 2 heterocycles. The van der Waals surface area contributed by atoms with E-state index in [2.05, 4.69) is 25.7 Å². The van der Waals surface area contributed by atoms with Gasteiger partial charge in [0.05, 0.1) is 34.6 Å². The Balaban J connectivity index is 1.42. The van der Waals surface area contributed by atoms with Crippen molar-refractivity contribution in [2.45, 2.75) is 18.0 Å². The Kier molecular flexibility index (Phi) is 6.46. The van der Waals surface area contributed by atoms with E-state index in [4.69, 9.17) is 0 Å². The standard InChI is InChI=1S/C23H22N6O2S/c1-15(16-8-4-3-5-9-16)27-22(31)17-10-6-7-11-19(17)28-20(30)13-32-23-18-12-26-29(2)21(18)24-14-25-23/h3-12,14-15H,13H2,1-2H3,(H,27,31)(H,28,30). The van der Waals surface area contributed by atoms with Crippen molar-refractivity contribution in [1.82, 2.24) is 25.1 Å². The molecule has 0 aliphatic rings. The van der Waals surface area contributed by atoms with Crippen LogP contribution in [-0.2, 0) is 11.8 Å². The number of fused-ring (bicyclic) bond motifs is 1. The van der Waals surface area contributed by atoms with Crippen LogP contribution in [0.2, 0.25) is 0 Å². The van der Waals surface area contributed by atoms with Crippen LogP contribution in [0.4, 0.5) is 5.69 Å². The molecule has 8 nitrogen and oxygen atoms in total. The molecule has 2 aromatic heterocycles. The molecule has 0 aliphatic heterocycles. The average molecular weight is 447 g/mol. The van der Waals surface area contributed by atoms with Gasteiger partial charge in [-0.25, -0.2) is 9.97 Å². The zero-order valence-corrected chi connectivity index (χ0v) is 18.5. The number of carbonyl (C=O) groups is 2. The molecule has 0 saturated carbocycles. The van der Waals surface area contributed by atoms with Crippen LogP contribution in [0.1, 0.15) is 28.9 Å². The first-order chi connectivity index (χ1) is 15.5. The fourth-order valence-corrected chi connectivity index (χ4v) is 4.03. The Morgan fingerprint density at radius 2 is 1.81 bits per heavy atom. The van der Waals surface area contributed by atoms with E-state index in [-0.39, 0.29) is 23.6 Å². The summed E-state index contributed by atoms with van der Waals surface area (Å²) >= 11 is 1.30. The van der Waals surface area contributed by atoms with Gasteiger partial charge >= 0.3 is 0 Å². The summed E-state index contributed by atoms with van der Waals surface area (Å²) < 4.78 is 1.66. The number of nitrogens with one attached hydrogen (secondary N) is 2. The molecule has 2 amide bonds. The Labute approximate surface area is 189 Å². The van der Waals surface area contributed by atoms with Gasteiger partial charge in [0.15, 0.2) is 5.65 Å². The average Bonchev–Trinajstić information content (AvgIpc) is 3.20. The van der Waals surface area contributed by atoms with Crippen molar-refractivity contribution in [3.8, 4) is 0 Å². The highest BCUT2D eigenvalue weighted by Crippen LogP contribution is 2.24. The Bertz CT molecular complexity index is 1260. The summed E-state index contributed by atoms with van der Waals surface area (Å²) in [5.41, 5.74) is 2.58. The number of rotatable bonds is 7. The second kappa shape index (κ2) is 9.61. The molecule has 0 saturated heterocycles. The number of benzene rings is 2. The highest BCUT2D eigenvalue weighted by molar-refractivity contribution is 8.00. The third-order valence-corrected chi connectivity index (χ3v) is 5.93. The predicted octanol–water partition coefficient (Wildman–Crippen LogP) is 3.59. The fourth-order valence-electron chi connectivity index (χ4n) is 3.27. The summed E-state index contributed by atoms with van der Waals surface area (Å²) in [5, 5.41) is 11.5. The number of para-hydroxylation sites is 1. The van der Waals surface area contributed by atoms with Crippen molar-refractivity contribution in [3.63, 3.8) is 0 Å². The van der Waals surface area contributed by atoms with Crippen molar-refractivity contribution in [3.05, 3.63) is 78.2 Å². The molecule has 32 heavy (non-hydrogen) atoms. The Morgan fingerprint density at radius 3 is 2.62 bits per heavy atom. The minimum atomic E-state index is -0.252. The second-order valence-corrected chi connectivity index (χ2v) is 8.14. The van der Waals surface area contributed by atoms with Gasteiger partial charge < -0.3 is 10.6 Å². The first-order valence-corrected chi connectivity index (χ1v) is 11.0. The third-order valence-electron chi connectivity index (χ3n) is 4.93. The van der Waals surface area contributed by atoms with E-state index in [0.717, 1.165) is 10.9 Å². The number of aromatic nitrogens is 4. The predicted molar refractivity (Wildman–Crippen MR) is 124 cm³/mol. The molecule has 2 N–H and O–H groups in total. The van der Waals surface area contributed by atoms with Crippen LogP contribution in [0.3, 0.4) is 0 Å². The summed E-state index contributed by atoms with van der Waals surface area (Å²) in [4.78, 5) is 33.9. The van der Waals surface area contributed by atoms with Crippen LogP contribution in [-0.4, -0.2) is 37.3 Å². The molecule has 0 radical (unpaired) electrons. The summed E-state index contributed by atoms with van der Waals surface area (Å²) in [7, 11) is 1.80. The molecule has 2 aromatic carbocycles. The molecule has 1 unspecified atom stereocenters. The van der Waals surface area contributed by atoms with E-state index in [1.54, 1.807) is 42.2 Å². The first-order valence-electron chi connectivity index (χ1n) is 10.0. The smallest absolute Gasteiger partial charge is 0.253 e. The summed E-state index contributed by atoms with van der Waals surface area (Å²) in [6.45, 7) is 1.92. The highest BCUT2D eigenvalue weighted by Gasteiger charge is 2.17. The Morgan fingerprint density at radius 1 is 1.06 bits per heavy atom. The van der Waals surface area contributed by atoms with E-state index >= 15 is 0 Å². The lowest BCUT2D eigenvalue weighted by Crippen LogP contribution is -2.28. The van der Waals surface area contributed by atoms with Crippen LogP contribution in [0.15, 0.2) is 72.1 Å². The number of hydrogen-bond acceptors (Lipinski definition) is 6. The van der Waals surface area contributed by atoms with E-state index < -0.39 is 0 Å². The molecule has 1 atom stereocenters. The number of amides is 2. The minimum absolute atomic E-state index is 0.136. The molecule has 0 spiro atoms. The molecular formula is C23H22N6O2S. The van der Waals surface area contributed by atoms with Crippen molar-refractivity contribution < 1.29 is 9.59 Å². The molecule has 4 aromatic rings. The van der Waals surface area contributed by atoms with E-state index in [0.29, 0.717) is 21.9 Å². The van der Waals surface area contributed by atoms with Gasteiger partial charge in [-0.15, -0.1) is 0 Å². The molecule has 0 bridgehead atoms. The number of hydrogen-bond donors (Lipinski definition) is 2. The second-order valence-electron chi connectivity index (χ2n) is 7.17. The number of thioether (sulfide) groups is 1. The molecule has 162 valence electrons. The van der Waals surface area contributed by atoms with Gasteiger partial charge in [0.25, 0.3) is 5.91 Å². The van der Waals surface area contributed by atoms with Gasteiger partial charge in [0.2, 0.25) is 5.91 Å². The van der Waals surface area contributed by atoms with Crippen LogP contribution < -0.4 is 10.6 Å².